The first-order valence-corrected chi connectivity index (χ1v) is 6.33. The molecule has 0 radical (unpaired) electrons. The molecule has 0 aliphatic rings. The van der Waals surface area contributed by atoms with E-state index in [1.165, 1.54) is 4.57 Å². The van der Waals surface area contributed by atoms with Crippen molar-refractivity contribution in [3.05, 3.63) is 38.8 Å². The average Bonchev–Trinajstić information content (AvgIpc) is 2.87. The third-order valence-electron chi connectivity index (χ3n) is 2.80. The first kappa shape index (κ1) is 13.9. The molecule has 20 heavy (non-hydrogen) atoms. The van der Waals surface area contributed by atoms with E-state index in [2.05, 4.69) is 20.5 Å². The Balaban J connectivity index is 2.32. The second kappa shape index (κ2) is 5.64. The minimum atomic E-state index is -0.521. The molecule has 0 aliphatic carbocycles. The van der Waals surface area contributed by atoms with Gasteiger partial charge in [0, 0.05) is 12.7 Å². The van der Waals surface area contributed by atoms with E-state index in [0.29, 0.717) is 13.1 Å². The molecule has 0 unspecified atom stereocenters. The number of aromatic nitrogens is 4. The number of aromatic amines is 2. The molecule has 0 fully saturated rings. The van der Waals surface area contributed by atoms with Crippen LogP contribution in [0, 0.1) is 5.92 Å². The van der Waals surface area contributed by atoms with Gasteiger partial charge in [0.2, 0.25) is 0 Å². The van der Waals surface area contributed by atoms with Crippen LogP contribution in [0.4, 0.5) is 11.5 Å². The van der Waals surface area contributed by atoms with Gasteiger partial charge in [0.1, 0.15) is 11.5 Å². The third-order valence-corrected chi connectivity index (χ3v) is 2.80. The van der Waals surface area contributed by atoms with E-state index in [-0.39, 0.29) is 17.4 Å². The van der Waals surface area contributed by atoms with Crippen LogP contribution in [0.2, 0.25) is 0 Å². The van der Waals surface area contributed by atoms with Gasteiger partial charge in [-0.1, -0.05) is 13.8 Å². The van der Waals surface area contributed by atoms with E-state index < -0.39 is 11.2 Å². The highest BCUT2D eigenvalue weighted by atomic mass is 16.2. The zero-order chi connectivity index (χ0) is 14.7. The molecule has 0 aliphatic heterocycles. The first-order valence-electron chi connectivity index (χ1n) is 6.33. The van der Waals surface area contributed by atoms with Gasteiger partial charge in [-0.25, -0.2) is 4.79 Å². The van der Waals surface area contributed by atoms with Crippen LogP contribution in [0.5, 0.6) is 0 Å². The molecule has 2 aromatic rings. The van der Waals surface area contributed by atoms with Gasteiger partial charge < -0.3 is 11.1 Å². The second-order valence-corrected chi connectivity index (χ2v) is 4.96. The molecular formula is C12H18N6O2. The van der Waals surface area contributed by atoms with Crippen LogP contribution in [0.15, 0.2) is 21.9 Å². The van der Waals surface area contributed by atoms with E-state index >= 15 is 0 Å². The van der Waals surface area contributed by atoms with Gasteiger partial charge in [-0.15, -0.1) is 0 Å². The van der Waals surface area contributed by atoms with Crippen LogP contribution < -0.4 is 22.3 Å². The Morgan fingerprint density at radius 2 is 2.20 bits per heavy atom. The van der Waals surface area contributed by atoms with Gasteiger partial charge in [0.25, 0.3) is 5.56 Å². The van der Waals surface area contributed by atoms with Crippen molar-refractivity contribution >= 4 is 11.5 Å². The van der Waals surface area contributed by atoms with Gasteiger partial charge in [0.05, 0.1) is 12.2 Å². The quantitative estimate of drug-likeness (QED) is 0.618. The Morgan fingerprint density at radius 1 is 1.45 bits per heavy atom. The fourth-order valence-electron chi connectivity index (χ4n) is 1.87. The second-order valence-electron chi connectivity index (χ2n) is 4.96. The largest absolute Gasteiger partial charge is 0.383 e. The number of nitrogens with zero attached hydrogens (tertiary/aromatic N) is 2. The average molecular weight is 278 g/mol. The molecule has 108 valence electrons. The monoisotopic (exact) mass is 278 g/mol. The van der Waals surface area contributed by atoms with Crippen molar-refractivity contribution in [2.24, 2.45) is 5.92 Å². The van der Waals surface area contributed by atoms with Crippen LogP contribution in [0.1, 0.15) is 19.5 Å². The minimum Gasteiger partial charge on any atom is -0.383 e. The van der Waals surface area contributed by atoms with Gasteiger partial charge in [-0.2, -0.15) is 5.10 Å². The summed E-state index contributed by atoms with van der Waals surface area (Å²) in [6.07, 6.45) is 1.62. The van der Waals surface area contributed by atoms with Crippen molar-refractivity contribution in [2.75, 3.05) is 11.1 Å². The van der Waals surface area contributed by atoms with E-state index in [1.807, 2.05) is 13.8 Å². The molecule has 8 nitrogen and oxygen atoms in total. The highest BCUT2D eigenvalue weighted by Gasteiger charge is 2.13. The van der Waals surface area contributed by atoms with Gasteiger partial charge in [-0.05, 0) is 12.0 Å². The fourth-order valence-corrected chi connectivity index (χ4v) is 1.87. The lowest BCUT2D eigenvalue weighted by Crippen LogP contribution is -2.35. The molecule has 0 saturated heterocycles. The maximum absolute atomic E-state index is 11.8. The number of nitrogens with two attached hydrogens (primary N) is 1. The molecule has 0 amide bonds. The zero-order valence-corrected chi connectivity index (χ0v) is 11.4. The van der Waals surface area contributed by atoms with E-state index in [0.717, 1.165) is 5.69 Å². The number of rotatable bonds is 5. The highest BCUT2D eigenvalue weighted by molar-refractivity contribution is 5.60. The van der Waals surface area contributed by atoms with Crippen molar-refractivity contribution in [2.45, 2.75) is 26.9 Å². The lowest BCUT2D eigenvalue weighted by Gasteiger charge is -2.15. The molecule has 0 spiro atoms. The van der Waals surface area contributed by atoms with E-state index in [1.54, 1.807) is 12.3 Å². The Kier molecular flexibility index (Phi) is 3.92. The summed E-state index contributed by atoms with van der Waals surface area (Å²) >= 11 is 0. The van der Waals surface area contributed by atoms with Crippen molar-refractivity contribution in [3.8, 4) is 0 Å². The highest BCUT2D eigenvalue weighted by Crippen LogP contribution is 2.12. The van der Waals surface area contributed by atoms with Crippen molar-refractivity contribution in [1.82, 2.24) is 19.7 Å². The predicted octanol–water partition coefficient (Wildman–Crippen LogP) is 0.110. The summed E-state index contributed by atoms with van der Waals surface area (Å²) in [6, 6.07) is 1.78. The molecule has 8 heteroatoms. The third kappa shape index (κ3) is 2.90. The summed E-state index contributed by atoms with van der Waals surface area (Å²) in [4.78, 5) is 25.9. The van der Waals surface area contributed by atoms with Gasteiger partial charge >= 0.3 is 5.69 Å². The maximum Gasteiger partial charge on any atom is 0.330 e. The SMILES string of the molecule is CC(C)Cn1c(N)c(NCc2ccn[nH]2)c(=O)[nH]c1=O. The predicted molar refractivity (Wildman–Crippen MR) is 76.5 cm³/mol. The molecule has 2 heterocycles. The van der Waals surface area contributed by atoms with Gasteiger partial charge in [0.15, 0.2) is 0 Å². The van der Waals surface area contributed by atoms with Crippen LogP contribution >= 0.6 is 0 Å². The number of hydrogen-bond donors (Lipinski definition) is 4. The molecule has 0 aromatic carbocycles. The number of hydrogen-bond acceptors (Lipinski definition) is 5. The molecule has 0 bridgehead atoms. The molecule has 0 atom stereocenters. The summed E-state index contributed by atoms with van der Waals surface area (Å²) in [6.45, 7) is 4.75. The normalized spacial score (nSPS) is 10.9. The topological polar surface area (TPSA) is 122 Å². The summed E-state index contributed by atoms with van der Waals surface area (Å²) in [5.41, 5.74) is 5.92. The Labute approximate surface area is 115 Å². The zero-order valence-electron chi connectivity index (χ0n) is 11.4. The molecule has 0 saturated carbocycles. The lowest BCUT2D eigenvalue weighted by atomic mass is 10.2. The Hall–Kier alpha value is -2.51. The number of H-pyrrole nitrogens is 2. The summed E-state index contributed by atoms with van der Waals surface area (Å²) in [5, 5.41) is 9.51. The van der Waals surface area contributed by atoms with Crippen LogP contribution in [0.25, 0.3) is 0 Å². The number of nitrogen functional groups attached to an aromatic ring is 1. The van der Waals surface area contributed by atoms with Crippen molar-refractivity contribution in [1.29, 1.82) is 0 Å². The van der Waals surface area contributed by atoms with Crippen LogP contribution in [-0.4, -0.2) is 19.7 Å². The molecule has 5 N–H and O–H groups in total. The first-order chi connectivity index (χ1) is 9.49. The Morgan fingerprint density at radius 3 is 2.80 bits per heavy atom. The van der Waals surface area contributed by atoms with Crippen molar-refractivity contribution in [3.63, 3.8) is 0 Å². The molecule has 2 aromatic heterocycles. The summed E-state index contributed by atoms with van der Waals surface area (Å²) < 4.78 is 1.36. The molecular weight excluding hydrogens is 260 g/mol. The molecule has 2 rings (SSSR count). The summed E-state index contributed by atoms with van der Waals surface area (Å²) in [5.74, 6) is 0.383. The number of nitrogens with one attached hydrogen (secondary N) is 3. The Bertz CT molecular complexity index is 683. The van der Waals surface area contributed by atoms with Crippen LogP contribution in [0.3, 0.4) is 0 Å². The standard InChI is InChI=1S/C12H18N6O2/c1-7(2)6-18-10(13)9(11(19)16-12(18)20)14-5-8-3-4-15-17-8/h3-4,7,14H,5-6,13H2,1-2H3,(H,15,17)(H,16,19,20). The minimum absolute atomic E-state index is 0.145. The number of anilines is 2. The van der Waals surface area contributed by atoms with Crippen molar-refractivity contribution < 1.29 is 0 Å². The van der Waals surface area contributed by atoms with E-state index in [9.17, 15) is 9.59 Å². The summed E-state index contributed by atoms with van der Waals surface area (Å²) in [7, 11) is 0. The van der Waals surface area contributed by atoms with E-state index in [4.69, 9.17) is 5.73 Å². The maximum atomic E-state index is 11.8. The lowest BCUT2D eigenvalue weighted by molar-refractivity contribution is 0.508. The fraction of sp³-hybridized carbons (Fsp3) is 0.417. The van der Waals surface area contributed by atoms with Gasteiger partial charge in [-0.3, -0.25) is 19.4 Å². The smallest absolute Gasteiger partial charge is 0.330 e. The van der Waals surface area contributed by atoms with Crippen LogP contribution in [-0.2, 0) is 13.1 Å².